The summed E-state index contributed by atoms with van der Waals surface area (Å²) in [6.45, 7) is 3.34. The molecule has 2 aliphatic heterocycles. The first-order valence-corrected chi connectivity index (χ1v) is 9.65. The fourth-order valence-corrected chi connectivity index (χ4v) is 3.32. The second-order valence-electron chi connectivity index (χ2n) is 7.39. The van der Waals surface area contributed by atoms with Gasteiger partial charge in [0.15, 0.2) is 0 Å². The standard InChI is InChI=1S/C19H27N5O5/c1-13(25)20-11-16-12-24(19(27)29-16)14-4-5-17(21-10-14)28-15-6-8-23(9-7-15)18(26)22(2)3/h4-5,10,15-16H,6-9,11-12H2,1-3H3,(H,20,25)/t16-/m0/s1. The van der Waals surface area contributed by atoms with Crippen molar-refractivity contribution < 1.29 is 23.9 Å². The highest BCUT2D eigenvalue weighted by molar-refractivity contribution is 5.89. The Bertz CT molecular complexity index is 746. The molecule has 29 heavy (non-hydrogen) atoms. The molecule has 10 nitrogen and oxygen atoms in total. The molecule has 4 amide bonds. The molecule has 0 aliphatic carbocycles. The number of cyclic esters (lactones) is 1. The molecule has 2 fully saturated rings. The van der Waals surface area contributed by atoms with Gasteiger partial charge in [0.05, 0.1) is 25.0 Å². The lowest BCUT2D eigenvalue weighted by Gasteiger charge is -2.33. The van der Waals surface area contributed by atoms with Gasteiger partial charge in [0.25, 0.3) is 0 Å². The summed E-state index contributed by atoms with van der Waals surface area (Å²) in [6, 6.07) is 3.50. The molecule has 1 aromatic heterocycles. The van der Waals surface area contributed by atoms with Crippen LogP contribution < -0.4 is 15.0 Å². The number of rotatable bonds is 5. The second-order valence-corrected chi connectivity index (χ2v) is 7.39. The Hall–Kier alpha value is -3.04. The molecule has 1 aromatic rings. The lowest BCUT2D eigenvalue weighted by atomic mass is 10.1. The van der Waals surface area contributed by atoms with Gasteiger partial charge in [0, 0.05) is 53.0 Å². The van der Waals surface area contributed by atoms with Crippen LogP contribution in [-0.4, -0.2) is 85.3 Å². The number of aromatic nitrogens is 1. The average molecular weight is 405 g/mol. The van der Waals surface area contributed by atoms with Crippen LogP contribution in [0.25, 0.3) is 0 Å². The van der Waals surface area contributed by atoms with E-state index >= 15 is 0 Å². The minimum Gasteiger partial charge on any atom is -0.474 e. The van der Waals surface area contributed by atoms with Gasteiger partial charge in [-0.05, 0) is 6.07 Å². The predicted molar refractivity (Wildman–Crippen MR) is 105 cm³/mol. The Balaban J connectivity index is 1.50. The van der Waals surface area contributed by atoms with Crippen LogP contribution in [0.3, 0.4) is 0 Å². The van der Waals surface area contributed by atoms with Gasteiger partial charge in [-0.25, -0.2) is 14.6 Å². The minimum absolute atomic E-state index is 0.00153. The number of pyridine rings is 1. The van der Waals surface area contributed by atoms with Crippen LogP contribution in [0.1, 0.15) is 19.8 Å². The molecule has 2 aliphatic rings. The van der Waals surface area contributed by atoms with E-state index in [9.17, 15) is 14.4 Å². The molecule has 3 heterocycles. The van der Waals surface area contributed by atoms with Crippen molar-refractivity contribution >= 4 is 23.7 Å². The highest BCUT2D eigenvalue weighted by atomic mass is 16.6. The highest BCUT2D eigenvalue weighted by Crippen LogP contribution is 2.24. The molecule has 10 heteroatoms. The van der Waals surface area contributed by atoms with E-state index in [0.717, 1.165) is 12.8 Å². The molecule has 0 radical (unpaired) electrons. The van der Waals surface area contributed by atoms with Crippen LogP contribution in [0.5, 0.6) is 5.88 Å². The summed E-state index contributed by atoms with van der Waals surface area (Å²) in [6.07, 6.45) is 2.20. The largest absolute Gasteiger partial charge is 0.474 e. The molecule has 0 aromatic carbocycles. The first-order valence-electron chi connectivity index (χ1n) is 9.65. The molecule has 1 atom stereocenters. The lowest BCUT2D eigenvalue weighted by Crippen LogP contribution is -2.46. The first kappa shape index (κ1) is 20.7. The Morgan fingerprint density at radius 1 is 1.31 bits per heavy atom. The van der Waals surface area contributed by atoms with Gasteiger partial charge >= 0.3 is 12.1 Å². The van der Waals surface area contributed by atoms with E-state index in [0.29, 0.717) is 31.2 Å². The topological polar surface area (TPSA) is 104 Å². The summed E-state index contributed by atoms with van der Waals surface area (Å²) in [5, 5.41) is 2.65. The zero-order valence-electron chi connectivity index (χ0n) is 17.0. The second kappa shape index (κ2) is 8.97. The molecule has 158 valence electrons. The number of hydrogen-bond acceptors (Lipinski definition) is 6. The highest BCUT2D eigenvalue weighted by Gasteiger charge is 2.32. The number of piperidine rings is 1. The maximum atomic E-state index is 12.1. The molecule has 0 spiro atoms. The van der Waals surface area contributed by atoms with E-state index in [1.54, 1.807) is 37.3 Å². The van der Waals surface area contributed by atoms with Crippen molar-refractivity contribution in [3.63, 3.8) is 0 Å². The van der Waals surface area contributed by atoms with Gasteiger partial charge in [0.1, 0.15) is 12.2 Å². The maximum Gasteiger partial charge on any atom is 0.414 e. The van der Waals surface area contributed by atoms with E-state index in [2.05, 4.69) is 10.3 Å². The SMILES string of the molecule is CC(=O)NC[C@H]1CN(c2ccc(OC3CCN(C(=O)N(C)C)CC3)nc2)C(=O)O1. The molecular formula is C19H27N5O5. The van der Waals surface area contributed by atoms with Crippen molar-refractivity contribution in [3.05, 3.63) is 18.3 Å². The zero-order chi connectivity index (χ0) is 21.0. The van der Waals surface area contributed by atoms with Crippen LogP contribution in [0, 0.1) is 0 Å². The fourth-order valence-electron chi connectivity index (χ4n) is 3.32. The third kappa shape index (κ3) is 5.27. The number of nitrogens with one attached hydrogen (secondary N) is 1. The van der Waals surface area contributed by atoms with Crippen LogP contribution in [-0.2, 0) is 9.53 Å². The van der Waals surface area contributed by atoms with Gasteiger partial charge in [-0.2, -0.15) is 0 Å². The van der Waals surface area contributed by atoms with Crippen molar-refractivity contribution in [2.45, 2.75) is 32.0 Å². The maximum absolute atomic E-state index is 12.1. The first-order chi connectivity index (χ1) is 13.8. The third-order valence-corrected chi connectivity index (χ3v) is 4.87. The van der Waals surface area contributed by atoms with Crippen molar-refractivity contribution in [1.29, 1.82) is 0 Å². The summed E-state index contributed by atoms with van der Waals surface area (Å²) in [5.41, 5.74) is 0.610. The van der Waals surface area contributed by atoms with Gasteiger partial charge in [-0.15, -0.1) is 0 Å². The predicted octanol–water partition coefficient (Wildman–Crippen LogP) is 1.07. The Kier molecular flexibility index (Phi) is 6.40. The molecule has 2 saturated heterocycles. The minimum atomic E-state index is -0.464. The average Bonchev–Trinajstić information content (AvgIpc) is 3.07. The monoisotopic (exact) mass is 405 g/mol. The van der Waals surface area contributed by atoms with Gasteiger partial charge in [0.2, 0.25) is 11.8 Å². The summed E-state index contributed by atoms with van der Waals surface area (Å²) in [4.78, 5) is 44.2. The van der Waals surface area contributed by atoms with Crippen molar-refractivity contribution in [1.82, 2.24) is 20.1 Å². The summed E-state index contributed by atoms with van der Waals surface area (Å²) < 4.78 is 11.2. The molecule has 0 unspecified atom stereocenters. The molecule has 3 rings (SSSR count). The van der Waals surface area contributed by atoms with E-state index < -0.39 is 12.2 Å². The number of carbonyl (C=O) groups is 3. The molecule has 0 bridgehead atoms. The van der Waals surface area contributed by atoms with E-state index in [4.69, 9.17) is 9.47 Å². The van der Waals surface area contributed by atoms with Gasteiger partial charge < -0.3 is 24.6 Å². The van der Waals surface area contributed by atoms with Gasteiger partial charge in [-0.3, -0.25) is 9.69 Å². The zero-order valence-corrected chi connectivity index (χ0v) is 17.0. The van der Waals surface area contributed by atoms with Crippen molar-refractivity contribution in [3.8, 4) is 5.88 Å². The number of nitrogens with zero attached hydrogens (tertiary/aromatic N) is 4. The van der Waals surface area contributed by atoms with E-state index in [-0.39, 0.29) is 24.6 Å². The van der Waals surface area contributed by atoms with Crippen LogP contribution in [0.4, 0.5) is 15.3 Å². The van der Waals surface area contributed by atoms with Crippen LogP contribution in [0.15, 0.2) is 18.3 Å². The number of likely N-dealkylation sites (tertiary alicyclic amines) is 1. The van der Waals surface area contributed by atoms with Crippen LogP contribution in [0.2, 0.25) is 0 Å². The molecule has 0 saturated carbocycles. The Labute approximate surface area is 169 Å². The number of urea groups is 1. The normalized spacial score (nSPS) is 19.7. The number of amides is 4. The number of ether oxygens (including phenoxy) is 2. The van der Waals surface area contributed by atoms with Crippen LogP contribution >= 0.6 is 0 Å². The molecular weight excluding hydrogens is 378 g/mol. The molecule has 1 N–H and O–H groups in total. The van der Waals surface area contributed by atoms with E-state index in [1.807, 2.05) is 4.90 Å². The summed E-state index contributed by atoms with van der Waals surface area (Å²) in [7, 11) is 3.49. The van der Waals surface area contributed by atoms with E-state index in [1.165, 1.54) is 11.8 Å². The number of carbonyl (C=O) groups excluding carboxylic acids is 3. The Morgan fingerprint density at radius 3 is 2.62 bits per heavy atom. The lowest BCUT2D eigenvalue weighted by molar-refractivity contribution is -0.119. The van der Waals surface area contributed by atoms with Crippen molar-refractivity contribution in [2.75, 3.05) is 45.2 Å². The number of anilines is 1. The Morgan fingerprint density at radius 2 is 2.03 bits per heavy atom. The smallest absolute Gasteiger partial charge is 0.414 e. The van der Waals surface area contributed by atoms with Gasteiger partial charge in [-0.1, -0.05) is 0 Å². The fraction of sp³-hybridized carbons (Fsp3) is 0.579. The quantitative estimate of drug-likeness (QED) is 0.786. The summed E-state index contributed by atoms with van der Waals surface area (Å²) >= 11 is 0. The third-order valence-electron chi connectivity index (χ3n) is 4.87. The van der Waals surface area contributed by atoms with Crippen molar-refractivity contribution in [2.24, 2.45) is 0 Å². The summed E-state index contributed by atoms with van der Waals surface area (Å²) in [5.74, 6) is 0.313. The number of hydrogen-bond donors (Lipinski definition) is 1.